The molecule has 0 amide bonds. The van der Waals surface area contributed by atoms with E-state index in [1.807, 2.05) is 0 Å². The van der Waals surface area contributed by atoms with E-state index < -0.39 is 39.8 Å². The minimum Gasteiger partial charge on any atom is -0.461 e. The molecular formula is C15H22F2NO3S+. The van der Waals surface area contributed by atoms with Gasteiger partial charge < -0.3 is 4.74 Å². The Labute approximate surface area is 132 Å². The Morgan fingerprint density at radius 1 is 1.23 bits per heavy atom. The Morgan fingerprint density at radius 3 is 2.14 bits per heavy atom. The van der Waals surface area contributed by atoms with Gasteiger partial charge in [-0.1, -0.05) is 4.72 Å². The van der Waals surface area contributed by atoms with Gasteiger partial charge in [0.1, 0.15) is 11.6 Å². The molecule has 0 spiro atoms. The summed E-state index contributed by atoms with van der Waals surface area (Å²) in [6.45, 7) is 8.67. The highest BCUT2D eigenvalue weighted by atomic mass is 32.2. The minimum atomic E-state index is -1.36. The third-order valence-corrected chi connectivity index (χ3v) is 4.23. The zero-order valence-corrected chi connectivity index (χ0v) is 14.1. The number of benzene rings is 1. The zero-order chi connectivity index (χ0) is 17.1. The van der Waals surface area contributed by atoms with E-state index in [1.54, 1.807) is 34.6 Å². The second-order valence-corrected chi connectivity index (χ2v) is 8.17. The van der Waals surface area contributed by atoms with Gasteiger partial charge in [0.2, 0.25) is 11.4 Å². The number of rotatable bonds is 5. The molecule has 0 aromatic heterocycles. The van der Waals surface area contributed by atoms with Gasteiger partial charge in [0, 0.05) is 6.07 Å². The Balaban J connectivity index is 3.13. The predicted molar refractivity (Wildman–Crippen MR) is 83.2 cm³/mol. The van der Waals surface area contributed by atoms with Crippen LogP contribution in [0.15, 0.2) is 18.2 Å². The van der Waals surface area contributed by atoms with Crippen LogP contribution in [0.25, 0.3) is 0 Å². The molecule has 0 saturated heterocycles. The lowest BCUT2D eigenvalue weighted by Crippen LogP contribution is -2.44. The number of nitrogens with one attached hydrogen (secondary N) is 1. The Morgan fingerprint density at radius 2 is 1.73 bits per heavy atom. The Kier molecular flexibility index (Phi) is 6.34. The van der Waals surface area contributed by atoms with Crippen LogP contribution in [-0.4, -0.2) is 21.4 Å². The molecule has 0 heterocycles. The SMILES string of the molecule is CC(C)OC(=O)C(N[S+](O)C(C)(C)C)c1cc(F)cc(F)c1. The topological polar surface area (TPSA) is 58.6 Å². The molecule has 7 heteroatoms. The predicted octanol–water partition coefficient (Wildman–Crippen LogP) is 3.35. The summed E-state index contributed by atoms with van der Waals surface area (Å²) in [4.78, 5) is 12.2. The first kappa shape index (κ1) is 18.9. The fraction of sp³-hybridized carbons (Fsp3) is 0.533. The van der Waals surface area contributed by atoms with Crippen LogP contribution in [0.1, 0.15) is 46.2 Å². The van der Waals surface area contributed by atoms with Crippen molar-refractivity contribution in [2.75, 3.05) is 0 Å². The van der Waals surface area contributed by atoms with Crippen molar-refractivity contribution in [3.63, 3.8) is 0 Å². The second kappa shape index (κ2) is 7.39. The third kappa shape index (κ3) is 5.55. The summed E-state index contributed by atoms with van der Waals surface area (Å²) < 4.78 is 44.2. The number of halogens is 2. The molecular weight excluding hydrogens is 312 g/mol. The quantitative estimate of drug-likeness (QED) is 0.640. The van der Waals surface area contributed by atoms with E-state index in [0.29, 0.717) is 0 Å². The van der Waals surface area contributed by atoms with Gasteiger partial charge in [0.15, 0.2) is 10.8 Å². The molecule has 0 saturated carbocycles. The summed E-state index contributed by atoms with van der Waals surface area (Å²) in [6, 6.07) is 1.65. The Hall–Kier alpha value is -1.18. The molecule has 1 aromatic rings. The van der Waals surface area contributed by atoms with E-state index in [1.165, 1.54) is 0 Å². The van der Waals surface area contributed by atoms with Crippen LogP contribution < -0.4 is 4.72 Å². The third-order valence-electron chi connectivity index (χ3n) is 2.62. The number of hydrogen-bond acceptors (Lipinski definition) is 4. The lowest BCUT2D eigenvalue weighted by atomic mass is 10.1. The van der Waals surface area contributed by atoms with Crippen molar-refractivity contribution in [1.29, 1.82) is 0 Å². The van der Waals surface area contributed by atoms with Gasteiger partial charge in [0.05, 0.1) is 6.10 Å². The smallest absolute Gasteiger partial charge is 0.332 e. The summed E-state index contributed by atoms with van der Waals surface area (Å²) in [5.41, 5.74) is 0.0685. The average molecular weight is 334 g/mol. The lowest BCUT2D eigenvalue weighted by molar-refractivity contribution is -0.149. The summed E-state index contributed by atoms with van der Waals surface area (Å²) in [7, 11) is 0. The van der Waals surface area contributed by atoms with Crippen molar-refractivity contribution in [1.82, 2.24) is 4.72 Å². The van der Waals surface area contributed by atoms with E-state index >= 15 is 0 Å². The number of carbonyl (C=O) groups is 1. The van der Waals surface area contributed by atoms with Crippen molar-refractivity contribution < 1.29 is 22.9 Å². The molecule has 0 aliphatic heterocycles. The van der Waals surface area contributed by atoms with E-state index in [0.717, 1.165) is 18.2 Å². The van der Waals surface area contributed by atoms with Crippen LogP contribution in [0.4, 0.5) is 8.78 Å². The van der Waals surface area contributed by atoms with Crippen LogP contribution in [0.3, 0.4) is 0 Å². The second-order valence-electron chi connectivity index (χ2n) is 6.14. The molecule has 2 atom stereocenters. The molecule has 0 aliphatic carbocycles. The van der Waals surface area contributed by atoms with Gasteiger partial charge in [0.25, 0.3) is 0 Å². The monoisotopic (exact) mass is 334 g/mol. The first-order valence-corrected chi connectivity index (χ1v) is 8.05. The zero-order valence-electron chi connectivity index (χ0n) is 13.3. The summed E-state index contributed by atoms with van der Waals surface area (Å²) >= 11 is -1.36. The molecule has 22 heavy (non-hydrogen) atoms. The van der Waals surface area contributed by atoms with Crippen molar-refractivity contribution in [2.24, 2.45) is 0 Å². The number of hydrogen-bond donors (Lipinski definition) is 2. The molecule has 0 bridgehead atoms. The molecule has 4 nitrogen and oxygen atoms in total. The van der Waals surface area contributed by atoms with E-state index in [-0.39, 0.29) is 11.7 Å². The van der Waals surface area contributed by atoms with Gasteiger partial charge in [-0.25, -0.2) is 13.6 Å². The fourth-order valence-electron chi connectivity index (χ4n) is 1.58. The highest BCUT2D eigenvalue weighted by molar-refractivity contribution is 7.90. The minimum absolute atomic E-state index is 0.0685. The van der Waals surface area contributed by atoms with E-state index in [4.69, 9.17) is 4.74 Å². The maximum Gasteiger partial charge on any atom is 0.332 e. The highest BCUT2D eigenvalue weighted by Crippen LogP contribution is 2.23. The normalized spacial score (nSPS) is 14.8. The highest BCUT2D eigenvalue weighted by Gasteiger charge is 2.40. The van der Waals surface area contributed by atoms with E-state index in [9.17, 15) is 18.1 Å². The molecule has 0 aliphatic rings. The first-order valence-electron chi connectivity index (χ1n) is 6.87. The number of ether oxygens (including phenoxy) is 1. The van der Waals surface area contributed by atoms with Crippen molar-refractivity contribution in [2.45, 2.75) is 51.5 Å². The first-order chi connectivity index (χ1) is 10.0. The van der Waals surface area contributed by atoms with E-state index in [2.05, 4.69) is 4.72 Å². The number of carbonyl (C=O) groups excluding carboxylic acids is 1. The Bertz CT molecular complexity index is 512. The molecule has 0 fully saturated rings. The fourth-order valence-corrected chi connectivity index (χ4v) is 2.39. The largest absolute Gasteiger partial charge is 0.461 e. The average Bonchev–Trinajstić information content (AvgIpc) is 2.31. The van der Waals surface area contributed by atoms with Crippen molar-refractivity contribution >= 4 is 17.3 Å². The number of esters is 1. The van der Waals surface area contributed by atoms with Crippen LogP contribution in [0, 0.1) is 11.6 Å². The maximum atomic E-state index is 13.4. The van der Waals surface area contributed by atoms with Gasteiger partial charge in [-0.2, -0.15) is 4.55 Å². The maximum absolute atomic E-state index is 13.4. The van der Waals surface area contributed by atoms with Crippen molar-refractivity contribution in [3.8, 4) is 0 Å². The van der Waals surface area contributed by atoms with Crippen LogP contribution in [-0.2, 0) is 20.9 Å². The molecule has 0 radical (unpaired) electrons. The summed E-state index contributed by atoms with van der Waals surface area (Å²) in [5.74, 6) is -2.30. The van der Waals surface area contributed by atoms with Gasteiger partial charge >= 0.3 is 5.97 Å². The molecule has 1 rings (SSSR count). The molecule has 124 valence electrons. The summed E-state index contributed by atoms with van der Waals surface area (Å²) in [5, 5.41) is 0. The van der Waals surface area contributed by atoms with Crippen LogP contribution in [0.2, 0.25) is 0 Å². The van der Waals surface area contributed by atoms with Crippen molar-refractivity contribution in [3.05, 3.63) is 35.4 Å². The van der Waals surface area contributed by atoms with Gasteiger partial charge in [-0.05, 0) is 52.3 Å². The van der Waals surface area contributed by atoms with Crippen LogP contribution >= 0.6 is 0 Å². The molecule has 2 N–H and O–H groups in total. The standard InChI is InChI=1S/C15H22F2NO3S/c1-9(2)21-14(19)13(18-22(20)15(3,4)5)10-6-11(16)8-12(17)7-10/h6-9,13,18,20H,1-5H3/q+1. The molecule has 1 aromatic carbocycles. The van der Waals surface area contributed by atoms with Gasteiger partial charge in [-0.3, -0.25) is 0 Å². The van der Waals surface area contributed by atoms with Crippen LogP contribution in [0.5, 0.6) is 0 Å². The lowest BCUT2D eigenvalue weighted by Gasteiger charge is -2.21. The molecule has 2 unspecified atom stereocenters. The van der Waals surface area contributed by atoms with Gasteiger partial charge in [-0.15, -0.1) is 0 Å². The summed E-state index contributed by atoms with van der Waals surface area (Å²) in [6.07, 6.45) is -0.384.